The van der Waals surface area contributed by atoms with Crippen molar-refractivity contribution in [1.29, 1.82) is 0 Å². The van der Waals surface area contributed by atoms with Crippen LogP contribution in [0.4, 0.5) is 0 Å². The SMILES string of the molecule is O=C(NCC1CCCCC1Cl)c1cccc(I)c1. The maximum Gasteiger partial charge on any atom is 0.251 e. The molecule has 1 aromatic rings. The van der Waals surface area contributed by atoms with Gasteiger partial charge in [0.2, 0.25) is 0 Å². The number of halogens is 2. The molecule has 2 unspecified atom stereocenters. The van der Waals surface area contributed by atoms with E-state index in [2.05, 4.69) is 27.9 Å². The zero-order chi connectivity index (χ0) is 13.0. The Labute approximate surface area is 127 Å². The van der Waals surface area contributed by atoms with E-state index in [1.165, 1.54) is 12.8 Å². The van der Waals surface area contributed by atoms with Crippen LogP contribution in [0, 0.1) is 9.49 Å². The highest BCUT2D eigenvalue weighted by Crippen LogP contribution is 2.28. The summed E-state index contributed by atoms with van der Waals surface area (Å²) in [6.45, 7) is 0.693. The monoisotopic (exact) mass is 377 g/mol. The molecule has 1 aliphatic rings. The van der Waals surface area contributed by atoms with Crippen molar-refractivity contribution in [2.24, 2.45) is 5.92 Å². The van der Waals surface area contributed by atoms with Gasteiger partial charge in [0.05, 0.1) is 0 Å². The topological polar surface area (TPSA) is 29.1 Å². The molecule has 2 nitrogen and oxygen atoms in total. The summed E-state index contributed by atoms with van der Waals surface area (Å²) in [5.74, 6) is 0.426. The van der Waals surface area contributed by atoms with E-state index in [0.717, 1.165) is 22.0 Å². The minimum atomic E-state index is 0.00274. The predicted molar refractivity (Wildman–Crippen MR) is 83.1 cm³/mol. The third-order valence-electron chi connectivity index (χ3n) is 3.43. The summed E-state index contributed by atoms with van der Waals surface area (Å²) in [6, 6.07) is 7.63. The number of hydrogen-bond donors (Lipinski definition) is 1. The Morgan fingerprint density at radius 2 is 2.17 bits per heavy atom. The van der Waals surface area contributed by atoms with E-state index >= 15 is 0 Å². The molecule has 0 aliphatic heterocycles. The van der Waals surface area contributed by atoms with Gasteiger partial charge in [0.15, 0.2) is 0 Å². The van der Waals surface area contributed by atoms with Gasteiger partial charge in [-0.1, -0.05) is 18.9 Å². The van der Waals surface area contributed by atoms with Crippen LogP contribution in [0.15, 0.2) is 24.3 Å². The zero-order valence-electron chi connectivity index (χ0n) is 10.2. The fourth-order valence-corrected chi connectivity index (χ4v) is 3.26. The Morgan fingerprint density at radius 3 is 2.89 bits per heavy atom. The van der Waals surface area contributed by atoms with Gasteiger partial charge in [-0.3, -0.25) is 4.79 Å². The molecule has 98 valence electrons. The van der Waals surface area contributed by atoms with E-state index in [4.69, 9.17) is 11.6 Å². The Hall–Kier alpha value is -0.290. The van der Waals surface area contributed by atoms with E-state index in [1.54, 1.807) is 0 Å². The van der Waals surface area contributed by atoms with Crippen molar-refractivity contribution in [2.45, 2.75) is 31.1 Å². The minimum Gasteiger partial charge on any atom is -0.352 e. The van der Waals surface area contributed by atoms with E-state index < -0.39 is 0 Å². The summed E-state index contributed by atoms with van der Waals surface area (Å²) in [6.07, 6.45) is 4.65. The third-order valence-corrected chi connectivity index (χ3v) is 4.67. The van der Waals surface area contributed by atoms with Crippen LogP contribution in [0.1, 0.15) is 36.0 Å². The van der Waals surface area contributed by atoms with Gasteiger partial charge in [-0.15, -0.1) is 11.6 Å². The normalized spacial score (nSPS) is 23.7. The summed E-state index contributed by atoms with van der Waals surface area (Å²) in [4.78, 5) is 12.0. The van der Waals surface area contributed by atoms with E-state index in [-0.39, 0.29) is 11.3 Å². The van der Waals surface area contributed by atoms with Crippen molar-refractivity contribution in [3.8, 4) is 0 Å². The number of nitrogens with one attached hydrogen (secondary N) is 1. The molecule has 1 aromatic carbocycles. The number of hydrogen-bond acceptors (Lipinski definition) is 1. The molecular formula is C14H17ClINO. The first-order valence-corrected chi connectivity index (χ1v) is 7.86. The van der Waals surface area contributed by atoms with Crippen molar-refractivity contribution >= 4 is 40.1 Å². The molecule has 0 spiro atoms. The first-order chi connectivity index (χ1) is 8.66. The zero-order valence-corrected chi connectivity index (χ0v) is 13.1. The Balaban J connectivity index is 1.88. The molecule has 0 saturated heterocycles. The van der Waals surface area contributed by atoms with Gasteiger partial charge in [0.25, 0.3) is 5.91 Å². The second-order valence-corrected chi connectivity index (χ2v) is 6.59. The number of rotatable bonds is 3. The fourth-order valence-electron chi connectivity index (χ4n) is 2.35. The highest BCUT2D eigenvalue weighted by Gasteiger charge is 2.23. The molecule has 18 heavy (non-hydrogen) atoms. The van der Waals surface area contributed by atoms with Crippen LogP contribution in [-0.4, -0.2) is 17.8 Å². The molecule has 0 heterocycles. The molecule has 2 atom stereocenters. The lowest BCUT2D eigenvalue weighted by Gasteiger charge is -2.27. The fraction of sp³-hybridized carbons (Fsp3) is 0.500. The average Bonchev–Trinajstić information content (AvgIpc) is 2.37. The van der Waals surface area contributed by atoms with Crippen LogP contribution in [0.2, 0.25) is 0 Å². The molecule has 0 radical (unpaired) electrons. The maximum atomic E-state index is 12.0. The lowest BCUT2D eigenvalue weighted by atomic mass is 9.88. The van der Waals surface area contributed by atoms with Crippen molar-refractivity contribution in [1.82, 2.24) is 5.32 Å². The van der Waals surface area contributed by atoms with Crippen LogP contribution >= 0.6 is 34.2 Å². The molecule has 1 N–H and O–H groups in total. The Kier molecular flexibility index (Phi) is 5.30. The van der Waals surface area contributed by atoms with Gasteiger partial charge in [0.1, 0.15) is 0 Å². The first kappa shape index (κ1) is 14.1. The van der Waals surface area contributed by atoms with Crippen molar-refractivity contribution in [3.63, 3.8) is 0 Å². The minimum absolute atomic E-state index is 0.00274. The standard InChI is InChI=1S/C14H17ClINO/c15-13-7-2-1-4-11(13)9-17-14(18)10-5-3-6-12(16)8-10/h3,5-6,8,11,13H,1-2,4,7,9H2,(H,17,18). The van der Waals surface area contributed by atoms with E-state index in [0.29, 0.717) is 12.5 Å². The summed E-state index contributed by atoms with van der Waals surface area (Å²) in [5.41, 5.74) is 0.726. The van der Waals surface area contributed by atoms with Gasteiger partial charge in [-0.05, 0) is 59.5 Å². The van der Waals surface area contributed by atoms with Crippen molar-refractivity contribution in [2.75, 3.05) is 6.54 Å². The molecule has 0 aromatic heterocycles. The highest BCUT2D eigenvalue weighted by atomic mass is 127. The Morgan fingerprint density at radius 1 is 1.39 bits per heavy atom. The quantitative estimate of drug-likeness (QED) is 0.630. The van der Waals surface area contributed by atoms with E-state index in [9.17, 15) is 4.79 Å². The molecular weight excluding hydrogens is 361 g/mol. The van der Waals surface area contributed by atoms with Crippen LogP contribution in [-0.2, 0) is 0 Å². The predicted octanol–water partition coefficient (Wildman–Crippen LogP) is 3.82. The molecule has 1 aliphatic carbocycles. The second kappa shape index (κ2) is 6.75. The van der Waals surface area contributed by atoms with Gasteiger partial charge in [-0.25, -0.2) is 0 Å². The number of carbonyl (C=O) groups is 1. The molecule has 0 bridgehead atoms. The third kappa shape index (κ3) is 3.85. The molecule has 1 saturated carbocycles. The summed E-state index contributed by atoms with van der Waals surface area (Å²) >= 11 is 8.50. The van der Waals surface area contributed by atoms with Gasteiger partial charge in [0, 0.05) is 21.1 Å². The van der Waals surface area contributed by atoms with Gasteiger partial charge < -0.3 is 5.32 Å². The van der Waals surface area contributed by atoms with Crippen molar-refractivity contribution in [3.05, 3.63) is 33.4 Å². The molecule has 1 fully saturated rings. The number of benzene rings is 1. The van der Waals surface area contributed by atoms with Gasteiger partial charge >= 0.3 is 0 Å². The van der Waals surface area contributed by atoms with Crippen molar-refractivity contribution < 1.29 is 4.79 Å². The lowest BCUT2D eigenvalue weighted by molar-refractivity contribution is 0.0944. The number of carbonyl (C=O) groups excluding carboxylic acids is 1. The lowest BCUT2D eigenvalue weighted by Crippen LogP contribution is -2.34. The Bertz CT molecular complexity index is 424. The molecule has 4 heteroatoms. The smallest absolute Gasteiger partial charge is 0.251 e. The summed E-state index contributed by atoms with van der Waals surface area (Å²) in [5, 5.41) is 3.22. The largest absolute Gasteiger partial charge is 0.352 e. The van der Waals surface area contributed by atoms with E-state index in [1.807, 2.05) is 24.3 Å². The summed E-state index contributed by atoms with van der Waals surface area (Å²) in [7, 11) is 0. The summed E-state index contributed by atoms with van der Waals surface area (Å²) < 4.78 is 1.08. The van der Waals surface area contributed by atoms with Crippen LogP contribution in [0.25, 0.3) is 0 Å². The molecule has 1 amide bonds. The second-order valence-electron chi connectivity index (χ2n) is 4.78. The highest BCUT2D eigenvalue weighted by molar-refractivity contribution is 14.1. The molecule has 2 rings (SSSR count). The van der Waals surface area contributed by atoms with Crippen LogP contribution < -0.4 is 5.32 Å². The van der Waals surface area contributed by atoms with Gasteiger partial charge in [-0.2, -0.15) is 0 Å². The van der Waals surface area contributed by atoms with Crippen LogP contribution in [0.5, 0.6) is 0 Å². The first-order valence-electron chi connectivity index (χ1n) is 6.34. The maximum absolute atomic E-state index is 12.0. The number of amides is 1. The number of alkyl halides is 1. The van der Waals surface area contributed by atoms with Crippen LogP contribution in [0.3, 0.4) is 0 Å². The average molecular weight is 378 g/mol.